The number of hydrogen-bond donors (Lipinski definition) is 1. The lowest BCUT2D eigenvalue weighted by molar-refractivity contribution is 0.578. The van der Waals surface area contributed by atoms with Crippen molar-refractivity contribution in [3.63, 3.8) is 0 Å². The van der Waals surface area contributed by atoms with Gasteiger partial charge in [0, 0.05) is 5.69 Å². The number of para-hydroxylation sites is 1. The van der Waals surface area contributed by atoms with Gasteiger partial charge in [0.05, 0.1) is 4.58 Å². The van der Waals surface area contributed by atoms with E-state index in [9.17, 15) is 13.3 Å². The maximum absolute atomic E-state index is 11.2. The third-order valence-corrected chi connectivity index (χ3v) is 3.75. The Kier molecular flexibility index (Phi) is 2.44. The van der Waals surface area contributed by atoms with E-state index >= 15 is 0 Å². The fourth-order valence-corrected chi connectivity index (χ4v) is 2.48. The van der Waals surface area contributed by atoms with Crippen LogP contribution in [-0.2, 0) is 16.4 Å². The molecule has 1 aliphatic heterocycles. The first-order chi connectivity index (χ1) is 7.13. The predicted molar refractivity (Wildman–Crippen MR) is 56.9 cm³/mol. The molecule has 1 aromatic carbocycles. The number of rotatable bonds is 2. The van der Waals surface area contributed by atoms with E-state index in [0.29, 0.717) is 12.8 Å². The molecule has 1 N–H and O–H groups in total. The minimum Gasteiger partial charge on any atom is -0.367 e. The van der Waals surface area contributed by atoms with Gasteiger partial charge in [0.1, 0.15) is 0 Å². The standard InChI is InChI=1S/C9H10N2O3S/c12-11-15(13,14)9-6-5-7-3-1-2-4-8(7)10-9/h1-4,9-10H,5-6H2. The zero-order valence-electron chi connectivity index (χ0n) is 7.88. The zero-order valence-corrected chi connectivity index (χ0v) is 8.70. The second kappa shape index (κ2) is 3.62. The maximum Gasteiger partial charge on any atom is 0.308 e. The van der Waals surface area contributed by atoms with Crippen LogP contribution in [0, 0.1) is 4.91 Å². The molecule has 0 saturated carbocycles. The van der Waals surface area contributed by atoms with Gasteiger partial charge in [0.2, 0.25) is 0 Å². The van der Waals surface area contributed by atoms with Crippen LogP contribution >= 0.6 is 0 Å². The molecule has 0 bridgehead atoms. The minimum atomic E-state index is -3.91. The molecule has 1 aliphatic rings. The first kappa shape index (κ1) is 10.1. The first-order valence-corrected chi connectivity index (χ1v) is 6.07. The Balaban J connectivity index is 2.30. The van der Waals surface area contributed by atoms with E-state index in [1.165, 1.54) is 0 Å². The zero-order chi connectivity index (χ0) is 10.9. The van der Waals surface area contributed by atoms with E-state index in [0.717, 1.165) is 11.3 Å². The quantitative estimate of drug-likeness (QED) is 0.775. The Bertz CT molecular complexity index is 484. The van der Waals surface area contributed by atoms with Crippen LogP contribution in [0.2, 0.25) is 0 Å². The molecule has 0 fully saturated rings. The van der Waals surface area contributed by atoms with Crippen LogP contribution in [0.5, 0.6) is 0 Å². The van der Waals surface area contributed by atoms with Crippen molar-refractivity contribution < 1.29 is 8.42 Å². The lowest BCUT2D eigenvalue weighted by Gasteiger charge is -2.24. The molecule has 0 aliphatic carbocycles. The SMILES string of the molecule is O=NS(=O)(=O)C1CCc2ccccc2N1. The lowest BCUT2D eigenvalue weighted by atomic mass is 10.0. The number of aryl methyl sites for hydroxylation is 1. The van der Waals surface area contributed by atoms with Crippen molar-refractivity contribution in [1.29, 1.82) is 0 Å². The molecule has 0 amide bonds. The summed E-state index contributed by atoms with van der Waals surface area (Å²) in [5.74, 6) is 0. The average molecular weight is 226 g/mol. The number of anilines is 1. The van der Waals surface area contributed by atoms with Crippen molar-refractivity contribution in [1.82, 2.24) is 0 Å². The summed E-state index contributed by atoms with van der Waals surface area (Å²) < 4.78 is 24.6. The van der Waals surface area contributed by atoms with Crippen molar-refractivity contribution in [3.05, 3.63) is 34.7 Å². The van der Waals surface area contributed by atoms with Gasteiger partial charge in [-0.2, -0.15) is 8.42 Å². The summed E-state index contributed by atoms with van der Waals surface area (Å²) in [6, 6.07) is 7.43. The van der Waals surface area contributed by atoms with Crippen molar-refractivity contribution in [3.8, 4) is 0 Å². The fraction of sp³-hybridized carbons (Fsp3) is 0.333. The molecule has 80 valence electrons. The van der Waals surface area contributed by atoms with Crippen LogP contribution in [0.25, 0.3) is 0 Å². The maximum atomic E-state index is 11.2. The largest absolute Gasteiger partial charge is 0.367 e. The molecule has 1 aromatic rings. The van der Waals surface area contributed by atoms with E-state index in [-0.39, 0.29) is 0 Å². The van der Waals surface area contributed by atoms with E-state index in [1.807, 2.05) is 18.2 Å². The number of nitrogens with one attached hydrogen (secondary N) is 1. The monoisotopic (exact) mass is 226 g/mol. The van der Waals surface area contributed by atoms with Gasteiger partial charge < -0.3 is 5.32 Å². The van der Waals surface area contributed by atoms with Crippen LogP contribution in [0.1, 0.15) is 12.0 Å². The Morgan fingerprint density at radius 1 is 1.33 bits per heavy atom. The molecule has 1 unspecified atom stereocenters. The molecule has 2 rings (SSSR count). The number of fused-ring (bicyclic) bond motifs is 1. The minimum absolute atomic E-state index is 0.380. The smallest absolute Gasteiger partial charge is 0.308 e. The lowest BCUT2D eigenvalue weighted by Crippen LogP contribution is -2.32. The summed E-state index contributed by atoms with van der Waals surface area (Å²) in [4.78, 5) is 10.2. The van der Waals surface area contributed by atoms with E-state index in [4.69, 9.17) is 0 Å². The van der Waals surface area contributed by atoms with E-state index < -0.39 is 15.4 Å². The van der Waals surface area contributed by atoms with Gasteiger partial charge in [0.25, 0.3) is 0 Å². The Morgan fingerprint density at radius 2 is 2.07 bits per heavy atom. The number of benzene rings is 1. The van der Waals surface area contributed by atoms with Crippen LogP contribution in [-0.4, -0.2) is 13.8 Å². The highest BCUT2D eigenvalue weighted by atomic mass is 32.2. The number of nitroso groups, excluding NO2 is 1. The molecule has 0 radical (unpaired) electrons. The van der Waals surface area contributed by atoms with Gasteiger partial charge in [-0.1, -0.05) is 18.2 Å². The number of sulfonamides is 1. The Labute approximate surface area is 87.5 Å². The summed E-state index contributed by atoms with van der Waals surface area (Å²) in [6.07, 6.45) is 1.02. The van der Waals surface area contributed by atoms with E-state index in [1.54, 1.807) is 6.07 Å². The van der Waals surface area contributed by atoms with Crippen LogP contribution in [0.15, 0.2) is 28.8 Å². The Morgan fingerprint density at radius 3 is 2.80 bits per heavy atom. The van der Waals surface area contributed by atoms with Gasteiger partial charge in [-0.25, -0.2) is 0 Å². The number of nitrogens with zero attached hydrogens (tertiary/aromatic N) is 1. The summed E-state index contributed by atoms with van der Waals surface area (Å²) in [5.41, 5.74) is 1.83. The highest BCUT2D eigenvalue weighted by Gasteiger charge is 2.29. The van der Waals surface area contributed by atoms with Crippen LogP contribution in [0.3, 0.4) is 0 Å². The van der Waals surface area contributed by atoms with Crippen LogP contribution < -0.4 is 5.32 Å². The van der Waals surface area contributed by atoms with Gasteiger partial charge in [-0.3, -0.25) is 0 Å². The second-order valence-electron chi connectivity index (χ2n) is 3.42. The third-order valence-electron chi connectivity index (χ3n) is 2.47. The molecule has 15 heavy (non-hydrogen) atoms. The highest BCUT2D eigenvalue weighted by Crippen LogP contribution is 2.26. The van der Waals surface area contributed by atoms with Crippen molar-refractivity contribution >= 4 is 15.7 Å². The van der Waals surface area contributed by atoms with Gasteiger partial charge in [-0.15, -0.1) is 4.91 Å². The summed E-state index contributed by atoms with van der Waals surface area (Å²) >= 11 is 0. The highest BCUT2D eigenvalue weighted by molar-refractivity contribution is 7.90. The summed E-state index contributed by atoms with van der Waals surface area (Å²) in [7, 11) is -3.91. The van der Waals surface area contributed by atoms with Crippen molar-refractivity contribution in [2.45, 2.75) is 18.2 Å². The number of hydrogen-bond acceptors (Lipinski definition) is 4. The molecule has 0 aromatic heterocycles. The molecule has 0 spiro atoms. The van der Waals surface area contributed by atoms with Gasteiger partial charge in [-0.05, 0) is 24.5 Å². The first-order valence-electron chi connectivity index (χ1n) is 4.56. The van der Waals surface area contributed by atoms with Crippen molar-refractivity contribution in [2.24, 2.45) is 4.58 Å². The van der Waals surface area contributed by atoms with Crippen LogP contribution in [0.4, 0.5) is 5.69 Å². The molecular weight excluding hydrogens is 216 g/mol. The van der Waals surface area contributed by atoms with E-state index in [2.05, 4.69) is 9.90 Å². The summed E-state index contributed by atoms with van der Waals surface area (Å²) in [5, 5.41) is 1.92. The van der Waals surface area contributed by atoms with Crippen molar-refractivity contribution in [2.75, 3.05) is 5.32 Å². The molecule has 0 saturated heterocycles. The molecule has 5 nitrogen and oxygen atoms in total. The second-order valence-corrected chi connectivity index (χ2v) is 5.17. The average Bonchev–Trinajstić information content (AvgIpc) is 2.28. The molecule has 1 heterocycles. The van der Waals surface area contributed by atoms with Gasteiger partial charge >= 0.3 is 10.0 Å². The normalized spacial score (nSPS) is 20.1. The summed E-state index contributed by atoms with van der Waals surface area (Å²) in [6.45, 7) is 0. The molecule has 1 atom stereocenters. The Hall–Kier alpha value is -1.43. The molecular formula is C9H10N2O3S. The predicted octanol–water partition coefficient (Wildman–Crippen LogP) is 1.47. The van der Waals surface area contributed by atoms with Gasteiger partial charge in [0.15, 0.2) is 5.37 Å². The topological polar surface area (TPSA) is 75.6 Å². The third kappa shape index (κ3) is 1.85. The fourth-order valence-electron chi connectivity index (χ4n) is 1.69. The molecule has 6 heteroatoms.